The Hall–Kier alpha value is -1.22. The van der Waals surface area contributed by atoms with E-state index in [1.807, 2.05) is 6.92 Å². The highest BCUT2D eigenvalue weighted by atomic mass is 35.5. The van der Waals surface area contributed by atoms with Crippen molar-refractivity contribution in [3.8, 4) is 5.75 Å². The lowest BCUT2D eigenvalue weighted by atomic mass is 10.2. The second-order valence-corrected chi connectivity index (χ2v) is 3.37. The minimum Gasteiger partial charge on any atom is -0.494 e. The van der Waals surface area contributed by atoms with Gasteiger partial charge in [0.25, 0.3) is 0 Å². The lowest BCUT2D eigenvalue weighted by molar-refractivity contribution is 0.413. The molecule has 1 N–H and O–H groups in total. The third-order valence-electron chi connectivity index (χ3n) is 1.91. The first kappa shape index (κ1) is 11.9. The molecule has 4 heteroatoms. The van der Waals surface area contributed by atoms with Gasteiger partial charge in [-0.1, -0.05) is 11.6 Å². The fourth-order valence-corrected chi connectivity index (χ4v) is 1.16. The number of benzene rings is 1. The number of halogens is 2. The summed E-state index contributed by atoms with van der Waals surface area (Å²) in [6.07, 6.45) is 0. The van der Waals surface area contributed by atoms with Crippen LogP contribution in [0.2, 0.25) is 0 Å². The molecule has 2 nitrogen and oxygen atoms in total. The van der Waals surface area contributed by atoms with Crippen LogP contribution in [0.1, 0.15) is 6.92 Å². The molecule has 0 amide bonds. The third-order valence-corrected chi connectivity index (χ3v) is 2.28. The Bertz CT molecular complexity index is 366. The lowest BCUT2D eigenvalue weighted by Gasteiger charge is -2.10. The normalized spacial score (nSPS) is 11.3. The molecule has 1 aromatic rings. The van der Waals surface area contributed by atoms with E-state index < -0.39 is 0 Å². The summed E-state index contributed by atoms with van der Waals surface area (Å²) < 4.78 is 17.9. The molecule has 0 aliphatic heterocycles. The minimum atomic E-state index is -0.318. The van der Waals surface area contributed by atoms with Crippen LogP contribution in [0.5, 0.6) is 5.75 Å². The minimum absolute atomic E-state index is 0.318. The van der Waals surface area contributed by atoms with Crippen molar-refractivity contribution in [2.75, 3.05) is 19.0 Å². The predicted molar refractivity (Wildman–Crippen MR) is 61.1 cm³/mol. The molecule has 0 saturated heterocycles. The molecule has 0 saturated carbocycles. The van der Waals surface area contributed by atoms with Crippen LogP contribution in [-0.2, 0) is 0 Å². The van der Waals surface area contributed by atoms with Crippen molar-refractivity contribution >= 4 is 17.3 Å². The molecule has 0 unspecified atom stereocenters. The van der Waals surface area contributed by atoms with Crippen molar-refractivity contribution in [1.82, 2.24) is 0 Å². The number of hydrogen-bond acceptors (Lipinski definition) is 2. The number of ether oxygens (including phenoxy) is 1. The van der Waals surface area contributed by atoms with Crippen LogP contribution in [0.4, 0.5) is 10.1 Å². The van der Waals surface area contributed by atoms with Gasteiger partial charge in [0.1, 0.15) is 11.6 Å². The van der Waals surface area contributed by atoms with Crippen molar-refractivity contribution in [1.29, 1.82) is 0 Å². The second kappa shape index (κ2) is 5.61. The van der Waals surface area contributed by atoms with Gasteiger partial charge in [0.2, 0.25) is 0 Å². The number of rotatable bonds is 4. The van der Waals surface area contributed by atoms with Gasteiger partial charge in [0.15, 0.2) is 0 Å². The molecule has 1 aromatic carbocycles. The molecule has 0 aromatic heterocycles. The number of anilines is 1. The van der Waals surface area contributed by atoms with Gasteiger partial charge in [-0.3, -0.25) is 0 Å². The summed E-state index contributed by atoms with van der Waals surface area (Å²) in [6, 6.07) is 4.35. The fourth-order valence-electron chi connectivity index (χ4n) is 1.08. The Morgan fingerprint density at radius 2 is 2.33 bits per heavy atom. The maximum absolute atomic E-state index is 12.9. The van der Waals surface area contributed by atoms with Crippen molar-refractivity contribution in [3.63, 3.8) is 0 Å². The van der Waals surface area contributed by atoms with Crippen LogP contribution in [0.25, 0.3) is 0 Å². The van der Waals surface area contributed by atoms with Crippen molar-refractivity contribution in [2.24, 2.45) is 0 Å². The first-order valence-corrected chi connectivity index (χ1v) is 4.94. The Labute approximate surface area is 93.7 Å². The van der Waals surface area contributed by atoms with Crippen LogP contribution >= 0.6 is 11.6 Å². The van der Waals surface area contributed by atoms with Gasteiger partial charge in [-0.05, 0) is 24.6 Å². The molecule has 0 bridgehead atoms. The van der Waals surface area contributed by atoms with Gasteiger partial charge >= 0.3 is 0 Å². The third kappa shape index (κ3) is 3.44. The Kier molecular flexibility index (Phi) is 4.43. The van der Waals surface area contributed by atoms with Crippen LogP contribution in [0.15, 0.2) is 29.3 Å². The maximum Gasteiger partial charge on any atom is 0.144 e. The summed E-state index contributed by atoms with van der Waals surface area (Å²) >= 11 is 5.52. The van der Waals surface area contributed by atoms with Crippen LogP contribution in [-0.4, -0.2) is 13.7 Å². The first-order chi connectivity index (χ1) is 7.17. The van der Waals surface area contributed by atoms with E-state index >= 15 is 0 Å². The fraction of sp³-hybridized carbons (Fsp3) is 0.273. The predicted octanol–water partition coefficient (Wildman–Crippen LogP) is 3.39. The summed E-state index contributed by atoms with van der Waals surface area (Å²) in [5, 5.41) is 3.10. The van der Waals surface area contributed by atoms with Gasteiger partial charge in [-0.2, -0.15) is 0 Å². The maximum atomic E-state index is 12.9. The van der Waals surface area contributed by atoms with Gasteiger partial charge in [0.05, 0.1) is 12.8 Å². The molecule has 1 rings (SSSR count). The number of methoxy groups -OCH3 is 1. The SMILES string of the molecule is COc1cc(F)ccc1NC/C(C)=C/Cl. The van der Waals surface area contributed by atoms with Gasteiger partial charge < -0.3 is 10.1 Å². The molecular weight excluding hydrogens is 217 g/mol. The van der Waals surface area contributed by atoms with E-state index in [0.29, 0.717) is 12.3 Å². The highest BCUT2D eigenvalue weighted by Gasteiger charge is 2.03. The zero-order valence-electron chi connectivity index (χ0n) is 8.68. The standard InChI is InChI=1S/C11H13ClFNO/c1-8(6-12)7-14-10-4-3-9(13)5-11(10)15-2/h3-6,14H,7H2,1-2H3/b8-6+. The molecule has 82 valence electrons. The first-order valence-electron chi connectivity index (χ1n) is 4.50. The summed E-state index contributed by atoms with van der Waals surface area (Å²) in [6.45, 7) is 2.50. The van der Waals surface area contributed by atoms with Crippen molar-refractivity contribution < 1.29 is 9.13 Å². The quantitative estimate of drug-likeness (QED) is 0.855. The van der Waals surface area contributed by atoms with Gasteiger partial charge in [-0.25, -0.2) is 4.39 Å². The summed E-state index contributed by atoms with van der Waals surface area (Å²) in [5.41, 5.74) is 3.24. The molecule has 0 heterocycles. The summed E-state index contributed by atoms with van der Waals surface area (Å²) in [7, 11) is 1.50. The van der Waals surface area contributed by atoms with Crippen LogP contribution in [0, 0.1) is 5.82 Å². The molecule has 0 aliphatic rings. The molecule has 0 fully saturated rings. The highest BCUT2D eigenvalue weighted by molar-refractivity contribution is 6.25. The molecule has 0 spiro atoms. The van der Waals surface area contributed by atoms with E-state index in [2.05, 4.69) is 5.32 Å². The highest BCUT2D eigenvalue weighted by Crippen LogP contribution is 2.24. The monoisotopic (exact) mass is 229 g/mol. The lowest BCUT2D eigenvalue weighted by Crippen LogP contribution is -2.04. The molecule has 0 radical (unpaired) electrons. The van der Waals surface area contributed by atoms with Gasteiger partial charge in [0, 0.05) is 18.1 Å². The Morgan fingerprint density at radius 3 is 2.93 bits per heavy atom. The summed E-state index contributed by atoms with van der Waals surface area (Å²) in [5.74, 6) is 0.166. The Balaban J connectivity index is 2.76. The molecule has 0 atom stereocenters. The zero-order chi connectivity index (χ0) is 11.3. The average molecular weight is 230 g/mol. The van der Waals surface area contributed by atoms with E-state index in [-0.39, 0.29) is 5.82 Å². The molecular formula is C11H13ClFNO. The van der Waals surface area contributed by atoms with E-state index in [1.54, 1.807) is 6.07 Å². The van der Waals surface area contributed by atoms with Crippen LogP contribution in [0.3, 0.4) is 0 Å². The zero-order valence-corrected chi connectivity index (χ0v) is 9.44. The van der Waals surface area contributed by atoms with Gasteiger partial charge in [-0.15, -0.1) is 0 Å². The molecule has 15 heavy (non-hydrogen) atoms. The van der Waals surface area contributed by atoms with E-state index in [9.17, 15) is 4.39 Å². The van der Waals surface area contributed by atoms with Crippen LogP contribution < -0.4 is 10.1 Å². The summed E-state index contributed by atoms with van der Waals surface area (Å²) in [4.78, 5) is 0. The Morgan fingerprint density at radius 1 is 1.60 bits per heavy atom. The van der Waals surface area contributed by atoms with E-state index in [0.717, 1.165) is 11.3 Å². The van der Waals surface area contributed by atoms with Crippen molar-refractivity contribution in [2.45, 2.75) is 6.92 Å². The topological polar surface area (TPSA) is 21.3 Å². The van der Waals surface area contributed by atoms with E-state index in [4.69, 9.17) is 16.3 Å². The number of hydrogen-bond donors (Lipinski definition) is 1. The largest absolute Gasteiger partial charge is 0.494 e. The number of nitrogens with one attached hydrogen (secondary N) is 1. The van der Waals surface area contributed by atoms with E-state index in [1.165, 1.54) is 24.8 Å². The molecule has 0 aliphatic carbocycles. The smallest absolute Gasteiger partial charge is 0.144 e. The second-order valence-electron chi connectivity index (χ2n) is 3.15. The average Bonchev–Trinajstić information content (AvgIpc) is 2.26. The van der Waals surface area contributed by atoms with Crippen molar-refractivity contribution in [3.05, 3.63) is 35.1 Å².